The zero-order valence-electron chi connectivity index (χ0n) is 12.6. The van der Waals surface area contributed by atoms with Gasteiger partial charge in [-0.1, -0.05) is 0 Å². The summed E-state index contributed by atoms with van der Waals surface area (Å²) in [7, 11) is 1.39. The quantitative estimate of drug-likeness (QED) is 0.737. The molecule has 1 aliphatic carbocycles. The average molecular weight is 284 g/mol. The molecule has 6 nitrogen and oxygen atoms in total. The minimum Gasteiger partial charge on any atom is -0.469 e. The smallest absolute Gasteiger partial charge is 0.407 e. The van der Waals surface area contributed by atoms with E-state index in [0.717, 1.165) is 19.5 Å². The van der Waals surface area contributed by atoms with E-state index >= 15 is 0 Å². The van der Waals surface area contributed by atoms with Gasteiger partial charge >= 0.3 is 12.1 Å². The third-order valence-electron chi connectivity index (χ3n) is 3.98. The Hall–Kier alpha value is -1.30. The maximum Gasteiger partial charge on any atom is 0.407 e. The van der Waals surface area contributed by atoms with Gasteiger partial charge in [0, 0.05) is 6.04 Å². The number of hydrogen-bond acceptors (Lipinski definition) is 5. The fourth-order valence-corrected chi connectivity index (χ4v) is 3.27. The number of ether oxygens (including phenoxy) is 2. The van der Waals surface area contributed by atoms with Gasteiger partial charge in [0.2, 0.25) is 0 Å². The van der Waals surface area contributed by atoms with Crippen molar-refractivity contribution in [1.29, 1.82) is 0 Å². The summed E-state index contributed by atoms with van der Waals surface area (Å²) in [5.41, 5.74) is -0.545. The third-order valence-corrected chi connectivity index (χ3v) is 3.98. The second kappa shape index (κ2) is 5.60. The van der Waals surface area contributed by atoms with Gasteiger partial charge in [0.25, 0.3) is 0 Å². The molecule has 6 heteroatoms. The van der Waals surface area contributed by atoms with Crippen molar-refractivity contribution in [3.63, 3.8) is 0 Å². The van der Waals surface area contributed by atoms with Crippen molar-refractivity contribution < 1.29 is 19.1 Å². The lowest BCUT2D eigenvalue weighted by molar-refractivity contribution is -0.147. The highest BCUT2D eigenvalue weighted by molar-refractivity contribution is 5.76. The molecule has 2 N–H and O–H groups in total. The van der Waals surface area contributed by atoms with Crippen molar-refractivity contribution in [3.05, 3.63) is 0 Å². The fourth-order valence-electron chi connectivity index (χ4n) is 3.27. The summed E-state index contributed by atoms with van der Waals surface area (Å²) in [5, 5.41) is 6.18. The molecule has 1 amide bonds. The van der Waals surface area contributed by atoms with Gasteiger partial charge in [-0.05, 0) is 52.1 Å². The highest BCUT2D eigenvalue weighted by Gasteiger charge is 2.50. The van der Waals surface area contributed by atoms with Gasteiger partial charge in [-0.25, -0.2) is 4.79 Å². The SMILES string of the molecule is COC(=O)[C@H]1[C@@H]2CNC[C@@H](C2)[C@H]1NC(=O)OC(C)(C)C. The monoisotopic (exact) mass is 284 g/mol. The van der Waals surface area contributed by atoms with Crippen LogP contribution in [0.1, 0.15) is 27.2 Å². The van der Waals surface area contributed by atoms with E-state index in [-0.39, 0.29) is 29.8 Å². The number of esters is 1. The summed E-state index contributed by atoms with van der Waals surface area (Å²) < 4.78 is 10.2. The first kappa shape index (κ1) is 15.1. The molecule has 0 spiro atoms. The first-order valence-corrected chi connectivity index (χ1v) is 7.10. The number of carbonyl (C=O) groups excluding carboxylic acids is 2. The maximum absolute atomic E-state index is 12.0. The molecular weight excluding hydrogens is 260 g/mol. The molecule has 0 radical (unpaired) electrons. The van der Waals surface area contributed by atoms with E-state index < -0.39 is 11.7 Å². The lowest BCUT2D eigenvalue weighted by Gasteiger charge is -2.26. The number of carbonyl (C=O) groups is 2. The highest BCUT2D eigenvalue weighted by Crippen LogP contribution is 2.39. The Morgan fingerprint density at radius 1 is 1.20 bits per heavy atom. The van der Waals surface area contributed by atoms with Crippen LogP contribution in [0.4, 0.5) is 4.79 Å². The molecule has 2 fully saturated rings. The summed E-state index contributed by atoms with van der Waals surface area (Å²) >= 11 is 0. The molecule has 0 aromatic heterocycles. The van der Waals surface area contributed by atoms with Gasteiger partial charge in [-0.2, -0.15) is 0 Å². The Bertz CT molecular complexity index is 391. The van der Waals surface area contributed by atoms with E-state index in [2.05, 4.69) is 10.6 Å². The molecule has 20 heavy (non-hydrogen) atoms. The molecule has 4 atom stereocenters. The van der Waals surface area contributed by atoms with Gasteiger partial charge in [-0.3, -0.25) is 4.79 Å². The number of piperidine rings is 1. The van der Waals surface area contributed by atoms with E-state index in [9.17, 15) is 9.59 Å². The molecule has 1 heterocycles. The van der Waals surface area contributed by atoms with Crippen LogP contribution in [-0.2, 0) is 14.3 Å². The summed E-state index contributed by atoms with van der Waals surface area (Å²) in [4.78, 5) is 23.9. The minimum atomic E-state index is -0.545. The van der Waals surface area contributed by atoms with Crippen LogP contribution in [0, 0.1) is 17.8 Å². The van der Waals surface area contributed by atoms with E-state index in [4.69, 9.17) is 9.47 Å². The summed E-state index contributed by atoms with van der Waals surface area (Å²) in [5.74, 6) is -0.0544. The number of amides is 1. The standard InChI is InChI=1S/C14H24N2O4/c1-14(2,3)20-13(18)16-11-9-5-8(6-15-7-9)10(11)12(17)19-4/h8-11,15H,5-7H2,1-4H3,(H,16,18)/t8-,9+,10-,11+/m0/s1. The summed E-state index contributed by atoms with van der Waals surface area (Å²) in [6.45, 7) is 7.06. The Morgan fingerprint density at radius 2 is 1.85 bits per heavy atom. The topological polar surface area (TPSA) is 76.7 Å². The molecule has 0 unspecified atom stereocenters. The van der Waals surface area contributed by atoms with Crippen molar-refractivity contribution in [2.75, 3.05) is 20.2 Å². The molecule has 0 aromatic carbocycles. The van der Waals surface area contributed by atoms with E-state index in [0.29, 0.717) is 0 Å². The lowest BCUT2D eigenvalue weighted by atomic mass is 9.94. The van der Waals surface area contributed by atoms with E-state index in [1.807, 2.05) is 20.8 Å². The summed E-state index contributed by atoms with van der Waals surface area (Å²) in [6, 6.07) is -0.211. The molecule has 2 rings (SSSR count). The van der Waals surface area contributed by atoms with Gasteiger partial charge in [-0.15, -0.1) is 0 Å². The van der Waals surface area contributed by atoms with Crippen LogP contribution in [-0.4, -0.2) is 43.9 Å². The Morgan fingerprint density at radius 3 is 2.45 bits per heavy atom. The molecule has 1 aliphatic heterocycles. The Kier molecular flexibility index (Phi) is 4.22. The van der Waals surface area contributed by atoms with Crippen molar-refractivity contribution in [3.8, 4) is 0 Å². The lowest BCUT2D eigenvalue weighted by Crippen LogP contribution is -2.47. The van der Waals surface area contributed by atoms with Crippen LogP contribution in [0.3, 0.4) is 0 Å². The van der Waals surface area contributed by atoms with Gasteiger partial charge < -0.3 is 20.1 Å². The third kappa shape index (κ3) is 3.23. The Balaban J connectivity index is 2.07. The molecule has 0 aromatic rings. The van der Waals surface area contributed by atoms with Crippen molar-refractivity contribution in [2.45, 2.75) is 38.8 Å². The number of nitrogens with one attached hydrogen (secondary N) is 2. The predicted molar refractivity (Wildman–Crippen MR) is 73.1 cm³/mol. The average Bonchev–Trinajstić information content (AvgIpc) is 2.57. The number of fused-ring (bicyclic) bond motifs is 2. The van der Waals surface area contributed by atoms with Crippen LogP contribution in [0.2, 0.25) is 0 Å². The molecular formula is C14H24N2O4. The van der Waals surface area contributed by atoms with Gasteiger partial charge in [0.15, 0.2) is 0 Å². The highest BCUT2D eigenvalue weighted by atomic mass is 16.6. The second-order valence-electron chi connectivity index (χ2n) is 6.64. The maximum atomic E-state index is 12.0. The molecule has 2 aliphatic rings. The first-order chi connectivity index (χ1) is 9.31. The van der Waals surface area contributed by atoms with Gasteiger partial charge in [0.05, 0.1) is 13.0 Å². The fraction of sp³-hybridized carbons (Fsp3) is 0.857. The summed E-state index contributed by atoms with van der Waals surface area (Å²) in [6.07, 6.45) is 0.469. The van der Waals surface area contributed by atoms with Crippen molar-refractivity contribution >= 4 is 12.1 Å². The largest absolute Gasteiger partial charge is 0.469 e. The normalized spacial score (nSPS) is 32.6. The van der Waals surface area contributed by atoms with Crippen LogP contribution in [0.5, 0.6) is 0 Å². The van der Waals surface area contributed by atoms with E-state index in [1.165, 1.54) is 7.11 Å². The van der Waals surface area contributed by atoms with Crippen LogP contribution < -0.4 is 10.6 Å². The number of rotatable bonds is 2. The van der Waals surface area contributed by atoms with Crippen LogP contribution in [0.25, 0.3) is 0 Å². The second-order valence-corrected chi connectivity index (χ2v) is 6.64. The van der Waals surface area contributed by atoms with E-state index in [1.54, 1.807) is 0 Å². The van der Waals surface area contributed by atoms with Crippen molar-refractivity contribution in [2.24, 2.45) is 17.8 Å². The Labute approximate surface area is 119 Å². The zero-order chi connectivity index (χ0) is 14.9. The predicted octanol–water partition coefficient (Wildman–Crippen LogP) is 0.908. The minimum absolute atomic E-state index is 0.211. The molecule has 2 bridgehead atoms. The van der Waals surface area contributed by atoms with Crippen LogP contribution in [0.15, 0.2) is 0 Å². The van der Waals surface area contributed by atoms with Crippen LogP contribution >= 0.6 is 0 Å². The molecule has 1 saturated heterocycles. The first-order valence-electron chi connectivity index (χ1n) is 7.10. The number of alkyl carbamates (subject to hydrolysis) is 1. The number of hydrogen-bond donors (Lipinski definition) is 2. The molecule has 114 valence electrons. The van der Waals surface area contributed by atoms with Gasteiger partial charge in [0.1, 0.15) is 5.60 Å². The molecule has 1 saturated carbocycles. The van der Waals surface area contributed by atoms with Crippen molar-refractivity contribution in [1.82, 2.24) is 10.6 Å². The zero-order valence-corrected chi connectivity index (χ0v) is 12.6. The number of methoxy groups -OCH3 is 1.